The Hall–Kier alpha value is 0.233. The van der Waals surface area contributed by atoms with Crippen molar-refractivity contribution in [3.05, 3.63) is 27.8 Å². The van der Waals surface area contributed by atoms with E-state index in [2.05, 4.69) is 34.6 Å². The van der Waals surface area contributed by atoms with Crippen LogP contribution in [0.1, 0.15) is 62.4 Å². The zero-order valence-corrected chi connectivity index (χ0v) is 14.0. The first kappa shape index (κ1) is 16.2. The number of hydrogen-bond donors (Lipinski definition) is 0. The van der Waals surface area contributed by atoms with Crippen molar-refractivity contribution >= 4 is 0 Å². The third-order valence-corrected chi connectivity index (χ3v) is 3.59. The fourth-order valence-electron chi connectivity index (χ4n) is 3.04. The molecule has 0 unspecified atom stereocenters. The van der Waals surface area contributed by atoms with Crippen molar-refractivity contribution < 1.29 is 26.2 Å². The van der Waals surface area contributed by atoms with Crippen LogP contribution in [-0.4, -0.2) is 0 Å². The van der Waals surface area contributed by atoms with Crippen LogP contribution in [0.4, 0.5) is 0 Å². The summed E-state index contributed by atoms with van der Waals surface area (Å²) >= 11 is 0. The van der Waals surface area contributed by atoms with E-state index in [9.17, 15) is 0 Å². The SMILES string of the molecule is CCc1c(CC)c(CC)[c-](CC)c1CC.[Zr]. The summed E-state index contributed by atoms with van der Waals surface area (Å²) in [7, 11) is 0. The third-order valence-electron chi connectivity index (χ3n) is 3.59. The van der Waals surface area contributed by atoms with Crippen molar-refractivity contribution in [1.82, 2.24) is 0 Å². The molecule has 0 N–H and O–H groups in total. The van der Waals surface area contributed by atoms with Gasteiger partial charge in [0, 0.05) is 26.2 Å². The Labute approximate surface area is 120 Å². The van der Waals surface area contributed by atoms with Crippen LogP contribution >= 0.6 is 0 Å². The molecule has 1 rings (SSSR count). The van der Waals surface area contributed by atoms with Crippen LogP contribution in [0.3, 0.4) is 0 Å². The second kappa shape index (κ2) is 7.54. The molecule has 1 heteroatoms. The molecule has 0 atom stereocenters. The molecule has 0 fully saturated rings. The fraction of sp³-hybridized carbons (Fsp3) is 0.667. The van der Waals surface area contributed by atoms with E-state index < -0.39 is 0 Å². The van der Waals surface area contributed by atoms with Gasteiger partial charge in [-0.15, -0.1) is 0 Å². The topological polar surface area (TPSA) is 0 Å². The molecule has 0 heterocycles. The Bertz CT molecular complexity index is 229. The molecule has 0 aromatic heterocycles. The molecule has 90 valence electrons. The molecular weight excluding hydrogens is 271 g/mol. The standard InChI is InChI=1S/C15H25.Zr/c1-6-11-12(7-2)14(9-4)15(10-5)13(11)8-3;/h6-10H2,1-5H3;/q-1;. The largest absolute Gasteiger partial charge is 0.192 e. The monoisotopic (exact) mass is 295 g/mol. The molecule has 0 nitrogen and oxygen atoms in total. The number of rotatable bonds is 5. The summed E-state index contributed by atoms with van der Waals surface area (Å²) in [5.41, 5.74) is 8.30. The molecule has 0 radical (unpaired) electrons. The van der Waals surface area contributed by atoms with Crippen molar-refractivity contribution in [3.8, 4) is 0 Å². The first-order chi connectivity index (χ1) is 7.24. The second-order valence-corrected chi connectivity index (χ2v) is 4.16. The zero-order chi connectivity index (χ0) is 11.4. The summed E-state index contributed by atoms with van der Waals surface area (Å²) in [5, 5.41) is 0. The molecule has 0 aliphatic carbocycles. The Morgan fingerprint density at radius 1 is 0.688 bits per heavy atom. The molecule has 1 aromatic rings. The van der Waals surface area contributed by atoms with Crippen LogP contribution in [0.2, 0.25) is 0 Å². The van der Waals surface area contributed by atoms with E-state index >= 15 is 0 Å². The van der Waals surface area contributed by atoms with Crippen LogP contribution in [0.15, 0.2) is 0 Å². The van der Waals surface area contributed by atoms with Gasteiger partial charge < -0.3 is 0 Å². The minimum absolute atomic E-state index is 0. The Morgan fingerprint density at radius 3 is 1.25 bits per heavy atom. The van der Waals surface area contributed by atoms with Gasteiger partial charge in [0.15, 0.2) is 0 Å². The molecule has 0 bridgehead atoms. The van der Waals surface area contributed by atoms with Gasteiger partial charge in [0.25, 0.3) is 0 Å². The maximum absolute atomic E-state index is 2.30. The Morgan fingerprint density at radius 2 is 1.06 bits per heavy atom. The van der Waals surface area contributed by atoms with E-state index in [-0.39, 0.29) is 26.2 Å². The second-order valence-electron chi connectivity index (χ2n) is 4.16. The van der Waals surface area contributed by atoms with Crippen LogP contribution < -0.4 is 0 Å². The Balaban J connectivity index is 0.00000225. The van der Waals surface area contributed by atoms with E-state index in [1.54, 1.807) is 27.8 Å². The van der Waals surface area contributed by atoms with Crippen molar-refractivity contribution in [2.45, 2.75) is 66.7 Å². The normalized spacial score (nSPS) is 10.3. The predicted molar refractivity (Wildman–Crippen MR) is 68.9 cm³/mol. The predicted octanol–water partition coefficient (Wildman–Crippen LogP) is 4.22. The summed E-state index contributed by atoms with van der Waals surface area (Å²) < 4.78 is 0. The first-order valence-corrected chi connectivity index (χ1v) is 6.55. The van der Waals surface area contributed by atoms with Gasteiger partial charge in [0.2, 0.25) is 0 Å². The van der Waals surface area contributed by atoms with Crippen LogP contribution in [0, 0.1) is 0 Å². The molecule has 0 amide bonds. The summed E-state index contributed by atoms with van der Waals surface area (Å²) in [6, 6.07) is 0. The molecule has 1 aromatic carbocycles. The molecule has 0 aliphatic heterocycles. The van der Waals surface area contributed by atoms with Gasteiger partial charge in [-0.3, -0.25) is 0 Å². The van der Waals surface area contributed by atoms with Crippen molar-refractivity contribution in [2.24, 2.45) is 0 Å². The van der Waals surface area contributed by atoms with Crippen molar-refractivity contribution in [3.63, 3.8) is 0 Å². The van der Waals surface area contributed by atoms with Gasteiger partial charge in [0.1, 0.15) is 0 Å². The van der Waals surface area contributed by atoms with Gasteiger partial charge in [-0.1, -0.05) is 66.7 Å². The van der Waals surface area contributed by atoms with Crippen molar-refractivity contribution in [2.75, 3.05) is 0 Å². The first-order valence-electron chi connectivity index (χ1n) is 6.55. The Kier molecular flexibility index (Phi) is 7.65. The van der Waals surface area contributed by atoms with Gasteiger partial charge in [-0.2, -0.15) is 27.8 Å². The summed E-state index contributed by atoms with van der Waals surface area (Å²) in [5.74, 6) is 0. The van der Waals surface area contributed by atoms with Gasteiger partial charge >= 0.3 is 0 Å². The minimum atomic E-state index is 0. The molecule has 0 spiro atoms. The zero-order valence-electron chi connectivity index (χ0n) is 11.5. The van der Waals surface area contributed by atoms with Gasteiger partial charge in [-0.05, 0) is 0 Å². The van der Waals surface area contributed by atoms with E-state index in [0.717, 1.165) is 0 Å². The molecule has 0 saturated heterocycles. The average molecular weight is 297 g/mol. The van der Waals surface area contributed by atoms with Crippen molar-refractivity contribution in [1.29, 1.82) is 0 Å². The van der Waals surface area contributed by atoms with Gasteiger partial charge in [0.05, 0.1) is 0 Å². The van der Waals surface area contributed by atoms with E-state index in [1.807, 2.05) is 0 Å². The summed E-state index contributed by atoms with van der Waals surface area (Å²) in [6.45, 7) is 11.5. The molecular formula is C15H25Zr-. The van der Waals surface area contributed by atoms with E-state index in [1.165, 1.54) is 32.1 Å². The molecule has 16 heavy (non-hydrogen) atoms. The summed E-state index contributed by atoms with van der Waals surface area (Å²) in [4.78, 5) is 0. The van der Waals surface area contributed by atoms with Crippen LogP contribution in [0.25, 0.3) is 0 Å². The maximum atomic E-state index is 2.30. The van der Waals surface area contributed by atoms with Crippen LogP contribution in [0.5, 0.6) is 0 Å². The number of hydrogen-bond acceptors (Lipinski definition) is 0. The summed E-state index contributed by atoms with van der Waals surface area (Å²) in [6.07, 6.45) is 6.04. The van der Waals surface area contributed by atoms with Gasteiger partial charge in [-0.25, -0.2) is 0 Å². The average Bonchev–Trinajstić information content (AvgIpc) is 2.59. The maximum Gasteiger partial charge on any atom is 0 e. The fourth-order valence-corrected chi connectivity index (χ4v) is 3.04. The van der Waals surface area contributed by atoms with E-state index in [4.69, 9.17) is 0 Å². The molecule has 0 saturated carbocycles. The quantitative estimate of drug-likeness (QED) is 0.714. The molecule has 0 aliphatic rings. The van der Waals surface area contributed by atoms with Crippen LogP contribution in [-0.2, 0) is 58.3 Å². The third kappa shape index (κ3) is 2.73. The van der Waals surface area contributed by atoms with E-state index in [0.29, 0.717) is 0 Å². The minimum Gasteiger partial charge on any atom is -0.192 e. The smallest absolute Gasteiger partial charge is 0 e.